The molecule has 0 aliphatic heterocycles. The zero-order valence-electron chi connectivity index (χ0n) is 17.7. The summed E-state index contributed by atoms with van der Waals surface area (Å²) in [6.45, 7) is 1.66. The largest absolute Gasteiger partial charge is 0.484 e. The van der Waals surface area contributed by atoms with Crippen LogP contribution in [0.2, 0.25) is 5.02 Å². The van der Waals surface area contributed by atoms with Gasteiger partial charge in [0.2, 0.25) is 0 Å². The number of ether oxygens (including phenoxy) is 1. The predicted octanol–water partition coefficient (Wildman–Crippen LogP) is 3.75. The number of carbonyl (C=O) groups excluding carboxylic acids is 3. The van der Waals surface area contributed by atoms with Crippen molar-refractivity contribution in [1.82, 2.24) is 5.43 Å². The van der Waals surface area contributed by atoms with Crippen LogP contribution in [0, 0.1) is 6.92 Å². The quantitative estimate of drug-likeness (QED) is 0.281. The molecule has 0 aliphatic carbocycles. The Bertz CT molecular complexity index is 1200. The van der Waals surface area contributed by atoms with Crippen LogP contribution in [0.5, 0.6) is 5.75 Å². The smallest absolute Gasteiger partial charge is 0.329 e. The summed E-state index contributed by atoms with van der Waals surface area (Å²) in [5.41, 5.74) is 4.73. The summed E-state index contributed by atoms with van der Waals surface area (Å²) in [4.78, 5) is 36.0. The van der Waals surface area contributed by atoms with Crippen LogP contribution < -0.4 is 20.8 Å². The second-order valence-corrected chi connectivity index (χ2v) is 7.32. The van der Waals surface area contributed by atoms with E-state index in [2.05, 4.69) is 21.2 Å². The minimum Gasteiger partial charge on any atom is -0.484 e. The number of carbonyl (C=O) groups is 3. The molecule has 168 valence electrons. The Morgan fingerprint density at radius 2 is 1.73 bits per heavy atom. The average Bonchev–Trinajstić information content (AvgIpc) is 2.79. The zero-order valence-corrected chi connectivity index (χ0v) is 18.4. The van der Waals surface area contributed by atoms with E-state index in [0.717, 1.165) is 5.56 Å². The third-order valence-electron chi connectivity index (χ3n) is 4.24. The molecule has 0 fully saturated rings. The SMILES string of the molecule is Cc1cccc(NC(=O)C(=O)N/N=C\c2cccc(OCC(=O)Nc3ccccc3Cl)c2)c1. The molecular weight excluding hydrogens is 444 g/mol. The van der Waals surface area contributed by atoms with Crippen LogP contribution in [0.25, 0.3) is 0 Å². The molecule has 0 heterocycles. The fourth-order valence-corrected chi connectivity index (χ4v) is 2.89. The van der Waals surface area contributed by atoms with Gasteiger partial charge in [-0.2, -0.15) is 5.10 Å². The van der Waals surface area contributed by atoms with Gasteiger partial charge in [0.05, 0.1) is 16.9 Å². The minimum atomic E-state index is -0.906. The highest BCUT2D eigenvalue weighted by molar-refractivity contribution is 6.39. The van der Waals surface area contributed by atoms with E-state index in [4.69, 9.17) is 16.3 Å². The zero-order chi connectivity index (χ0) is 23.6. The number of hydrogen-bond acceptors (Lipinski definition) is 5. The first-order valence-electron chi connectivity index (χ1n) is 9.89. The summed E-state index contributed by atoms with van der Waals surface area (Å²) < 4.78 is 5.49. The van der Waals surface area contributed by atoms with Gasteiger partial charge in [-0.3, -0.25) is 14.4 Å². The monoisotopic (exact) mass is 464 g/mol. The first-order chi connectivity index (χ1) is 15.9. The van der Waals surface area contributed by atoms with E-state index in [1.807, 2.05) is 13.0 Å². The van der Waals surface area contributed by atoms with Crippen molar-refractivity contribution in [2.45, 2.75) is 6.92 Å². The van der Waals surface area contributed by atoms with Crippen molar-refractivity contribution in [3.05, 3.63) is 88.9 Å². The van der Waals surface area contributed by atoms with Gasteiger partial charge in [0.25, 0.3) is 5.91 Å². The van der Waals surface area contributed by atoms with Crippen molar-refractivity contribution in [3.8, 4) is 5.75 Å². The molecule has 33 heavy (non-hydrogen) atoms. The van der Waals surface area contributed by atoms with Crippen molar-refractivity contribution >= 4 is 46.9 Å². The van der Waals surface area contributed by atoms with Gasteiger partial charge in [-0.1, -0.05) is 48.0 Å². The lowest BCUT2D eigenvalue weighted by atomic mass is 10.2. The summed E-state index contributed by atoms with van der Waals surface area (Å²) in [6, 6.07) is 20.7. The number of para-hydroxylation sites is 1. The molecule has 0 bridgehead atoms. The van der Waals surface area contributed by atoms with Crippen LogP contribution in [-0.4, -0.2) is 30.5 Å². The third kappa shape index (κ3) is 7.48. The minimum absolute atomic E-state index is 0.221. The third-order valence-corrected chi connectivity index (χ3v) is 4.57. The van der Waals surface area contributed by atoms with E-state index in [-0.39, 0.29) is 12.5 Å². The molecule has 0 spiro atoms. The number of halogens is 1. The predicted molar refractivity (Wildman–Crippen MR) is 128 cm³/mol. The molecule has 3 aromatic carbocycles. The van der Waals surface area contributed by atoms with Gasteiger partial charge in [0.15, 0.2) is 6.61 Å². The summed E-state index contributed by atoms with van der Waals surface area (Å²) in [7, 11) is 0. The fraction of sp³-hybridized carbons (Fsp3) is 0.0833. The van der Waals surface area contributed by atoms with Gasteiger partial charge in [0, 0.05) is 5.69 Å². The number of nitrogens with zero attached hydrogens (tertiary/aromatic N) is 1. The van der Waals surface area contributed by atoms with Crippen molar-refractivity contribution in [2.75, 3.05) is 17.2 Å². The molecule has 0 aromatic heterocycles. The van der Waals surface area contributed by atoms with Gasteiger partial charge in [-0.15, -0.1) is 0 Å². The van der Waals surface area contributed by atoms with Crippen LogP contribution in [0.3, 0.4) is 0 Å². The molecule has 0 atom stereocenters. The van der Waals surface area contributed by atoms with Crippen molar-refractivity contribution in [2.24, 2.45) is 5.10 Å². The van der Waals surface area contributed by atoms with Crippen LogP contribution in [-0.2, 0) is 14.4 Å². The number of hydrogen-bond donors (Lipinski definition) is 3. The molecule has 0 saturated heterocycles. The number of hydrazone groups is 1. The van der Waals surface area contributed by atoms with E-state index < -0.39 is 11.8 Å². The van der Waals surface area contributed by atoms with Gasteiger partial charge in [0.1, 0.15) is 5.75 Å². The standard InChI is InChI=1S/C24H21ClN4O4/c1-16-6-4-8-18(12-16)27-23(31)24(32)29-26-14-17-7-5-9-19(13-17)33-15-22(30)28-21-11-3-2-10-20(21)25/h2-14H,15H2,1H3,(H,27,31)(H,28,30)(H,29,32)/b26-14-. The molecular formula is C24H21ClN4O4. The normalized spacial score (nSPS) is 10.5. The maximum atomic E-state index is 12.1. The van der Waals surface area contributed by atoms with E-state index >= 15 is 0 Å². The number of nitrogens with one attached hydrogen (secondary N) is 3. The van der Waals surface area contributed by atoms with Crippen molar-refractivity contribution < 1.29 is 19.1 Å². The maximum Gasteiger partial charge on any atom is 0.329 e. The van der Waals surface area contributed by atoms with Crippen molar-refractivity contribution in [3.63, 3.8) is 0 Å². The molecule has 0 saturated carbocycles. The number of aryl methyl sites for hydroxylation is 1. The van der Waals surface area contributed by atoms with E-state index in [9.17, 15) is 14.4 Å². The van der Waals surface area contributed by atoms with Crippen LogP contribution in [0.4, 0.5) is 11.4 Å². The second-order valence-electron chi connectivity index (χ2n) is 6.91. The van der Waals surface area contributed by atoms with Crippen molar-refractivity contribution in [1.29, 1.82) is 0 Å². The molecule has 3 rings (SSSR count). The summed E-state index contributed by atoms with van der Waals surface area (Å²) in [5, 5.41) is 9.38. The number of anilines is 2. The lowest BCUT2D eigenvalue weighted by Crippen LogP contribution is -2.32. The number of benzene rings is 3. The van der Waals surface area contributed by atoms with Gasteiger partial charge < -0.3 is 15.4 Å². The van der Waals surface area contributed by atoms with Gasteiger partial charge in [-0.25, -0.2) is 5.43 Å². The Labute approximate surface area is 195 Å². The maximum absolute atomic E-state index is 12.1. The first kappa shape index (κ1) is 23.5. The molecule has 0 unspecified atom stereocenters. The Morgan fingerprint density at radius 3 is 2.52 bits per heavy atom. The van der Waals surface area contributed by atoms with E-state index in [1.54, 1.807) is 66.7 Å². The van der Waals surface area contributed by atoms with Crippen LogP contribution >= 0.6 is 11.6 Å². The lowest BCUT2D eigenvalue weighted by Gasteiger charge is -2.09. The molecule has 8 nitrogen and oxygen atoms in total. The van der Waals surface area contributed by atoms with Crippen LogP contribution in [0.15, 0.2) is 77.9 Å². The van der Waals surface area contributed by atoms with Gasteiger partial charge in [-0.05, 0) is 54.4 Å². The topological polar surface area (TPSA) is 109 Å². The fourth-order valence-electron chi connectivity index (χ4n) is 2.71. The molecule has 3 amide bonds. The Kier molecular flexibility index (Phi) is 8.15. The average molecular weight is 465 g/mol. The Hall–Kier alpha value is -4.17. The second kappa shape index (κ2) is 11.4. The molecule has 0 aliphatic rings. The lowest BCUT2D eigenvalue weighted by molar-refractivity contribution is -0.136. The van der Waals surface area contributed by atoms with Crippen LogP contribution in [0.1, 0.15) is 11.1 Å². The Morgan fingerprint density at radius 1 is 0.939 bits per heavy atom. The molecule has 0 radical (unpaired) electrons. The molecule has 9 heteroatoms. The first-order valence-corrected chi connectivity index (χ1v) is 10.3. The Balaban J connectivity index is 1.48. The highest BCUT2D eigenvalue weighted by Gasteiger charge is 2.12. The summed E-state index contributed by atoms with van der Waals surface area (Å²) in [6.07, 6.45) is 1.36. The van der Waals surface area contributed by atoms with E-state index in [0.29, 0.717) is 27.7 Å². The molecule has 3 aromatic rings. The number of rotatable bonds is 7. The highest BCUT2D eigenvalue weighted by atomic mass is 35.5. The van der Waals surface area contributed by atoms with E-state index in [1.165, 1.54) is 6.21 Å². The number of amides is 3. The highest BCUT2D eigenvalue weighted by Crippen LogP contribution is 2.20. The van der Waals surface area contributed by atoms with Gasteiger partial charge >= 0.3 is 11.8 Å². The summed E-state index contributed by atoms with van der Waals surface area (Å²) >= 11 is 6.02. The summed E-state index contributed by atoms with van der Waals surface area (Å²) in [5.74, 6) is -1.68. The molecule has 3 N–H and O–H groups in total.